The monoisotopic (exact) mass is 601 g/mol. The van der Waals surface area contributed by atoms with Crippen molar-refractivity contribution in [3.8, 4) is 56.4 Å². The van der Waals surface area contributed by atoms with Crippen LogP contribution in [0.3, 0.4) is 0 Å². The van der Waals surface area contributed by atoms with E-state index in [9.17, 15) is 0 Å². The molecule has 0 radical (unpaired) electrons. The molecule has 0 aliphatic heterocycles. The van der Waals surface area contributed by atoms with Crippen LogP contribution in [0, 0.1) is 0 Å². The first kappa shape index (κ1) is 27.0. The van der Waals surface area contributed by atoms with Crippen molar-refractivity contribution in [2.24, 2.45) is 0 Å². The number of rotatable bonds is 5. The average Bonchev–Trinajstić information content (AvgIpc) is 3.52. The highest BCUT2D eigenvalue weighted by Crippen LogP contribution is 2.42. The van der Waals surface area contributed by atoms with Crippen LogP contribution >= 0.6 is 0 Å². The summed E-state index contributed by atoms with van der Waals surface area (Å²) in [7, 11) is 0. The van der Waals surface area contributed by atoms with Gasteiger partial charge < -0.3 is 4.42 Å². The molecule has 0 saturated carbocycles. The minimum absolute atomic E-state index is 0.597. The summed E-state index contributed by atoms with van der Waals surface area (Å²) in [5.41, 5.74) is 8.75. The molecule has 220 valence electrons. The van der Waals surface area contributed by atoms with Gasteiger partial charge in [0.15, 0.2) is 17.5 Å². The van der Waals surface area contributed by atoms with Crippen LogP contribution in [-0.4, -0.2) is 15.0 Å². The van der Waals surface area contributed by atoms with Gasteiger partial charge in [-0.2, -0.15) is 0 Å². The smallest absolute Gasteiger partial charge is 0.164 e. The molecule has 0 aliphatic carbocycles. The second-order valence-corrected chi connectivity index (χ2v) is 11.6. The van der Waals surface area contributed by atoms with E-state index in [4.69, 9.17) is 19.4 Å². The summed E-state index contributed by atoms with van der Waals surface area (Å²) < 4.78 is 6.73. The molecule has 0 atom stereocenters. The molecule has 47 heavy (non-hydrogen) atoms. The van der Waals surface area contributed by atoms with Crippen molar-refractivity contribution in [3.05, 3.63) is 164 Å². The molecule has 0 amide bonds. The van der Waals surface area contributed by atoms with Gasteiger partial charge in [0.05, 0.1) is 0 Å². The maximum atomic E-state index is 6.73. The van der Waals surface area contributed by atoms with E-state index in [1.165, 1.54) is 0 Å². The fraction of sp³-hybridized carbons (Fsp3) is 0. The molecule has 0 saturated heterocycles. The van der Waals surface area contributed by atoms with E-state index in [0.29, 0.717) is 17.5 Å². The van der Waals surface area contributed by atoms with Crippen molar-refractivity contribution < 1.29 is 4.42 Å². The summed E-state index contributed by atoms with van der Waals surface area (Å²) in [5, 5.41) is 4.30. The van der Waals surface area contributed by atoms with E-state index in [1.807, 2.05) is 42.5 Å². The minimum atomic E-state index is 0.597. The zero-order chi connectivity index (χ0) is 31.2. The van der Waals surface area contributed by atoms with Crippen molar-refractivity contribution in [1.29, 1.82) is 0 Å². The van der Waals surface area contributed by atoms with E-state index in [2.05, 4.69) is 121 Å². The molecule has 0 fully saturated rings. The van der Waals surface area contributed by atoms with Crippen LogP contribution in [0.2, 0.25) is 0 Å². The van der Waals surface area contributed by atoms with Crippen molar-refractivity contribution in [3.63, 3.8) is 0 Å². The Balaban J connectivity index is 1.32. The quantitative estimate of drug-likeness (QED) is 0.197. The molecule has 0 unspecified atom stereocenters. The van der Waals surface area contributed by atoms with Gasteiger partial charge in [0.1, 0.15) is 11.2 Å². The fourth-order valence-electron chi connectivity index (χ4n) is 6.41. The van der Waals surface area contributed by atoms with Crippen molar-refractivity contribution >= 4 is 32.7 Å². The second kappa shape index (κ2) is 11.2. The van der Waals surface area contributed by atoms with Crippen molar-refractivity contribution in [2.75, 3.05) is 0 Å². The lowest BCUT2D eigenvalue weighted by Crippen LogP contribution is -2.00. The highest BCUT2D eigenvalue weighted by atomic mass is 16.3. The van der Waals surface area contributed by atoms with E-state index < -0.39 is 0 Å². The number of hydrogen-bond donors (Lipinski definition) is 0. The standard InChI is InChI=1S/C43H27N3O/c1-4-13-28(14-5-1)31-21-12-22-34(25-31)42-44-41(30-17-8-3-9-18-30)45-43(46-42)36-24-23-35(29-15-6-2-7-16-29)40-39(36)37-26-32-19-10-11-20-33(32)27-38(37)47-40/h1-27H. The molecule has 2 heterocycles. The predicted molar refractivity (Wildman–Crippen MR) is 192 cm³/mol. The van der Waals surface area contributed by atoms with Crippen molar-refractivity contribution in [2.45, 2.75) is 0 Å². The summed E-state index contributed by atoms with van der Waals surface area (Å²) in [4.78, 5) is 15.3. The molecule has 9 rings (SSSR count). The SMILES string of the molecule is c1ccc(-c2cccc(-c3nc(-c4ccccc4)nc(-c4ccc(-c5ccccc5)c5oc6cc7ccccc7cc6c45)n3)c2)cc1. The zero-order valence-corrected chi connectivity index (χ0v) is 25.3. The van der Waals surface area contributed by atoms with Crippen LogP contribution in [-0.2, 0) is 0 Å². The van der Waals surface area contributed by atoms with Gasteiger partial charge in [0.25, 0.3) is 0 Å². The van der Waals surface area contributed by atoms with Crippen LogP contribution in [0.1, 0.15) is 0 Å². The zero-order valence-electron chi connectivity index (χ0n) is 25.3. The van der Waals surface area contributed by atoms with Gasteiger partial charge in [-0.15, -0.1) is 0 Å². The van der Waals surface area contributed by atoms with Gasteiger partial charge in [0.2, 0.25) is 0 Å². The molecule has 0 aliphatic rings. The number of fused-ring (bicyclic) bond motifs is 4. The molecule has 0 N–H and O–H groups in total. The normalized spacial score (nSPS) is 11.4. The molecular formula is C43H27N3O. The Bertz CT molecular complexity index is 2560. The van der Waals surface area contributed by atoms with Crippen LogP contribution in [0.4, 0.5) is 0 Å². The largest absolute Gasteiger partial charge is 0.455 e. The van der Waals surface area contributed by atoms with E-state index in [1.54, 1.807) is 0 Å². The highest BCUT2D eigenvalue weighted by molar-refractivity contribution is 6.18. The third-order valence-corrected chi connectivity index (χ3v) is 8.71. The number of benzene rings is 7. The Kier molecular flexibility index (Phi) is 6.43. The average molecular weight is 602 g/mol. The maximum absolute atomic E-state index is 6.73. The third kappa shape index (κ3) is 4.84. The van der Waals surface area contributed by atoms with Gasteiger partial charge >= 0.3 is 0 Å². The highest BCUT2D eigenvalue weighted by Gasteiger charge is 2.21. The van der Waals surface area contributed by atoms with Gasteiger partial charge in [-0.3, -0.25) is 0 Å². The Morgan fingerprint density at radius 1 is 0.362 bits per heavy atom. The summed E-state index contributed by atoms with van der Waals surface area (Å²) >= 11 is 0. The first-order chi connectivity index (χ1) is 23.3. The summed E-state index contributed by atoms with van der Waals surface area (Å²) in [6.07, 6.45) is 0. The molecule has 0 bridgehead atoms. The van der Waals surface area contributed by atoms with Crippen LogP contribution in [0.15, 0.2) is 168 Å². The second-order valence-electron chi connectivity index (χ2n) is 11.6. The molecule has 2 aromatic heterocycles. The van der Waals surface area contributed by atoms with Crippen LogP contribution in [0.25, 0.3) is 89.1 Å². The summed E-state index contributed by atoms with van der Waals surface area (Å²) in [5.74, 6) is 1.83. The first-order valence-corrected chi connectivity index (χ1v) is 15.7. The molecular weight excluding hydrogens is 574 g/mol. The Hall–Kier alpha value is -6.39. The number of hydrogen-bond acceptors (Lipinski definition) is 4. The Morgan fingerprint density at radius 3 is 1.62 bits per heavy atom. The molecule has 4 heteroatoms. The molecule has 0 spiro atoms. The van der Waals surface area contributed by atoms with Gasteiger partial charge in [-0.05, 0) is 57.8 Å². The van der Waals surface area contributed by atoms with Gasteiger partial charge in [0, 0.05) is 33.0 Å². The third-order valence-electron chi connectivity index (χ3n) is 8.71. The first-order valence-electron chi connectivity index (χ1n) is 15.7. The van der Waals surface area contributed by atoms with Crippen LogP contribution in [0.5, 0.6) is 0 Å². The van der Waals surface area contributed by atoms with Crippen LogP contribution < -0.4 is 0 Å². The van der Waals surface area contributed by atoms with Crippen molar-refractivity contribution in [1.82, 2.24) is 15.0 Å². The lowest BCUT2D eigenvalue weighted by molar-refractivity contribution is 0.670. The number of nitrogens with zero attached hydrogens (tertiary/aromatic N) is 3. The number of furan rings is 1. The number of aromatic nitrogens is 3. The lowest BCUT2D eigenvalue weighted by Gasteiger charge is -2.11. The van der Waals surface area contributed by atoms with E-state index in [-0.39, 0.29) is 0 Å². The van der Waals surface area contributed by atoms with Gasteiger partial charge in [-0.25, -0.2) is 15.0 Å². The predicted octanol–water partition coefficient (Wildman–Crippen LogP) is 11.3. The topological polar surface area (TPSA) is 51.8 Å². The molecule has 7 aromatic carbocycles. The molecule has 9 aromatic rings. The van der Waals surface area contributed by atoms with Gasteiger partial charge in [-0.1, -0.05) is 133 Å². The van der Waals surface area contributed by atoms with E-state index in [0.717, 1.165) is 71.7 Å². The van der Waals surface area contributed by atoms with E-state index >= 15 is 0 Å². The summed E-state index contributed by atoms with van der Waals surface area (Å²) in [6, 6.07) is 56.2. The Morgan fingerprint density at radius 2 is 0.894 bits per heavy atom. The lowest BCUT2D eigenvalue weighted by atomic mass is 9.97. The minimum Gasteiger partial charge on any atom is -0.455 e. The fourth-order valence-corrected chi connectivity index (χ4v) is 6.41. The Labute approximate surface area is 271 Å². The maximum Gasteiger partial charge on any atom is 0.164 e. The summed E-state index contributed by atoms with van der Waals surface area (Å²) in [6.45, 7) is 0. The molecule has 4 nitrogen and oxygen atoms in total.